The summed E-state index contributed by atoms with van der Waals surface area (Å²) in [5, 5.41) is 0. The summed E-state index contributed by atoms with van der Waals surface area (Å²) < 4.78 is 65.2. The van der Waals surface area contributed by atoms with E-state index in [1.165, 1.54) is 6.07 Å². The lowest BCUT2D eigenvalue weighted by atomic mass is 10.3. The van der Waals surface area contributed by atoms with E-state index in [1.54, 1.807) is 0 Å². The topological polar surface area (TPSA) is 72.2 Å². The molecular formula is C12H9F3N2O2S. The van der Waals surface area contributed by atoms with Crippen LogP contribution < -0.4 is 10.5 Å². The second-order valence-electron chi connectivity index (χ2n) is 3.95. The Morgan fingerprint density at radius 3 is 2.10 bits per heavy atom. The summed E-state index contributed by atoms with van der Waals surface area (Å²) in [6.45, 7) is 0. The van der Waals surface area contributed by atoms with Gasteiger partial charge >= 0.3 is 0 Å². The monoisotopic (exact) mass is 302 g/mol. The van der Waals surface area contributed by atoms with E-state index in [0.29, 0.717) is 6.07 Å². The second kappa shape index (κ2) is 5.04. The third-order valence-electron chi connectivity index (χ3n) is 2.36. The summed E-state index contributed by atoms with van der Waals surface area (Å²) in [5.74, 6) is -2.98. The van der Waals surface area contributed by atoms with Crippen LogP contribution in [0.1, 0.15) is 0 Å². The van der Waals surface area contributed by atoms with Gasteiger partial charge in [-0.3, -0.25) is 4.72 Å². The minimum atomic E-state index is -4.31. The number of hydrogen-bond acceptors (Lipinski definition) is 3. The third-order valence-corrected chi connectivity index (χ3v) is 3.77. The van der Waals surface area contributed by atoms with E-state index < -0.39 is 32.4 Å². The number of sulfonamides is 1. The Labute approximate surface area is 113 Å². The van der Waals surface area contributed by atoms with Gasteiger partial charge in [0.2, 0.25) is 0 Å². The summed E-state index contributed by atoms with van der Waals surface area (Å²) in [4.78, 5) is -0.670. The van der Waals surface area contributed by atoms with Gasteiger partial charge in [-0.05, 0) is 30.3 Å². The Morgan fingerprint density at radius 2 is 1.55 bits per heavy atom. The number of anilines is 2. The van der Waals surface area contributed by atoms with Crippen molar-refractivity contribution < 1.29 is 21.6 Å². The molecule has 8 heteroatoms. The van der Waals surface area contributed by atoms with Crippen LogP contribution in [0.15, 0.2) is 41.3 Å². The number of rotatable bonds is 3. The predicted molar refractivity (Wildman–Crippen MR) is 68.0 cm³/mol. The minimum Gasteiger partial charge on any atom is -0.399 e. The fourth-order valence-electron chi connectivity index (χ4n) is 1.56. The first-order chi connectivity index (χ1) is 9.28. The maximum Gasteiger partial charge on any atom is 0.264 e. The van der Waals surface area contributed by atoms with Crippen LogP contribution in [0.3, 0.4) is 0 Å². The normalized spacial score (nSPS) is 11.3. The van der Waals surface area contributed by atoms with Crippen molar-refractivity contribution >= 4 is 21.4 Å². The molecule has 0 aliphatic carbocycles. The van der Waals surface area contributed by atoms with Gasteiger partial charge in [-0.25, -0.2) is 21.6 Å². The van der Waals surface area contributed by atoms with Crippen molar-refractivity contribution in [3.05, 3.63) is 53.8 Å². The van der Waals surface area contributed by atoms with Crippen LogP contribution in [-0.4, -0.2) is 8.42 Å². The van der Waals surface area contributed by atoms with E-state index in [9.17, 15) is 21.6 Å². The minimum absolute atomic E-state index is 0.0539. The maximum atomic E-state index is 13.6. The number of halogens is 3. The smallest absolute Gasteiger partial charge is 0.264 e. The molecule has 2 aromatic rings. The second-order valence-corrected chi connectivity index (χ2v) is 5.60. The molecule has 2 rings (SSSR count). The molecule has 0 bridgehead atoms. The molecule has 0 amide bonds. The number of nitrogens with two attached hydrogens (primary N) is 1. The summed E-state index contributed by atoms with van der Waals surface area (Å²) in [6.07, 6.45) is 0. The Morgan fingerprint density at radius 1 is 0.950 bits per heavy atom. The van der Waals surface area contributed by atoms with Crippen LogP contribution in [0.5, 0.6) is 0 Å². The molecule has 20 heavy (non-hydrogen) atoms. The first kappa shape index (κ1) is 14.2. The van der Waals surface area contributed by atoms with Crippen LogP contribution in [0.25, 0.3) is 0 Å². The molecule has 0 aromatic heterocycles. The van der Waals surface area contributed by atoms with Crippen molar-refractivity contribution in [2.75, 3.05) is 10.5 Å². The molecular weight excluding hydrogens is 293 g/mol. The summed E-state index contributed by atoms with van der Waals surface area (Å²) in [6, 6.07) is 5.13. The van der Waals surface area contributed by atoms with Gasteiger partial charge in [-0.2, -0.15) is 0 Å². The zero-order valence-electron chi connectivity index (χ0n) is 9.90. The fraction of sp³-hybridized carbons (Fsp3) is 0. The SMILES string of the molecule is Nc1ccc(S(=O)(=O)Nc2cc(F)cc(F)c2)c(F)c1. The molecule has 0 fully saturated rings. The lowest BCUT2D eigenvalue weighted by Crippen LogP contribution is -2.15. The average molecular weight is 302 g/mol. The highest BCUT2D eigenvalue weighted by molar-refractivity contribution is 7.92. The molecule has 0 aliphatic rings. The summed E-state index contributed by atoms with van der Waals surface area (Å²) >= 11 is 0. The number of benzene rings is 2. The molecule has 3 N–H and O–H groups in total. The highest BCUT2D eigenvalue weighted by Gasteiger charge is 2.19. The van der Waals surface area contributed by atoms with Gasteiger partial charge in [0.05, 0.1) is 5.69 Å². The van der Waals surface area contributed by atoms with Gasteiger partial charge in [-0.15, -0.1) is 0 Å². The van der Waals surface area contributed by atoms with E-state index in [4.69, 9.17) is 5.73 Å². The van der Waals surface area contributed by atoms with E-state index in [0.717, 1.165) is 24.3 Å². The molecule has 0 radical (unpaired) electrons. The molecule has 106 valence electrons. The van der Waals surface area contributed by atoms with E-state index >= 15 is 0 Å². The summed E-state index contributed by atoms with van der Waals surface area (Å²) in [5.41, 5.74) is 5.01. The predicted octanol–water partition coefficient (Wildman–Crippen LogP) is 2.49. The molecule has 0 unspecified atom stereocenters. The molecule has 2 aromatic carbocycles. The number of nitrogens with one attached hydrogen (secondary N) is 1. The highest BCUT2D eigenvalue weighted by Crippen LogP contribution is 2.21. The third kappa shape index (κ3) is 3.02. The van der Waals surface area contributed by atoms with Crippen LogP contribution in [-0.2, 0) is 10.0 Å². The maximum absolute atomic E-state index is 13.6. The van der Waals surface area contributed by atoms with Gasteiger partial charge in [0, 0.05) is 11.8 Å². The van der Waals surface area contributed by atoms with Crippen LogP contribution >= 0.6 is 0 Å². The first-order valence-corrected chi connectivity index (χ1v) is 6.80. The van der Waals surface area contributed by atoms with Crippen LogP contribution in [0.2, 0.25) is 0 Å². The highest BCUT2D eigenvalue weighted by atomic mass is 32.2. The first-order valence-electron chi connectivity index (χ1n) is 5.32. The summed E-state index contributed by atoms with van der Waals surface area (Å²) in [7, 11) is -4.31. The van der Waals surface area contributed by atoms with Gasteiger partial charge in [-0.1, -0.05) is 0 Å². The zero-order valence-corrected chi connectivity index (χ0v) is 10.7. The number of hydrogen-bond donors (Lipinski definition) is 2. The molecule has 0 heterocycles. The van der Waals surface area contributed by atoms with Crippen molar-refractivity contribution in [1.82, 2.24) is 0 Å². The Hall–Kier alpha value is -2.22. The lowest BCUT2D eigenvalue weighted by molar-refractivity contribution is 0.570. The zero-order chi connectivity index (χ0) is 14.9. The molecule has 0 aliphatic heterocycles. The van der Waals surface area contributed by atoms with Crippen molar-refractivity contribution in [3.63, 3.8) is 0 Å². The molecule has 0 saturated carbocycles. The molecule has 4 nitrogen and oxygen atoms in total. The Kier molecular flexibility index (Phi) is 3.58. The number of nitrogen functional groups attached to an aromatic ring is 1. The van der Waals surface area contributed by atoms with Gasteiger partial charge in [0.1, 0.15) is 22.3 Å². The largest absolute Gasteiger partial charge is 0.399 e. The standard InChI is InChI=1S/C12H9F3N2O2S/c13-7-3-8(14)5-10(4-7)17-20(18,19)12-2-1-9(16)6-11(12)15/h1-6,17H,16H2. The van der Waals surface area contributed by atoms with Crippen LogP contribution in [0, 0.1) is 17.5 Å². The molecule has 0 saturated heterocycles. The van der Waals surface area contributed by atoms with Crippen LogP contribution in [0.4, 0.5) is 24.5 Å². The lowest BCUT2D eigenvalue weighted by Gasteiger charge is -2.09. The van der Waals surface area contributed by atoms with Crippen molar-refractivity contribution in [1.29, 1.82) is 0 Å². The Balaban J connectivity index is 2.40. The quantitative estimate of drug-likeness (QED) is 0.856. The van der Waals surface area contributed by atoms with Gasteiger partial charge in [0.15, 0.2) is 0 Å². The fourth-order valence-corrected chi connectivity index (χ4v) is 2.66. The van der Waals surface area contributed by atoms with Gasteiger partial charge in [0.25, 0.3) is 10.0 Å². The molecule has 0 spiro atoms. The molecule has 0 atom stereocenters. The van der Waals surface area contributed by atoms with E-state index in [2.05, 4.69) is 0 Å². The van der Waals surface area contributed by atoms with E-state index in [1.807, 2.05) is 4.72 Å². The average Bonchev–Trinajstić information content (AvgIpc) is 2.25. The van der Waals surface area contributed by atoms with Crippen molar-refractivity contribution in [2.45, 2.75) is 4.90 Å². The van der Waals surface area contributed by atoms with Crippen molar-refractivity contribution in [3.8, 4) is 0 Å². The van der Waals surface area contributed by atoms with Gasteiger partial charge < -0.3 is 5.73 Å². The van der Waals surface area contributed by atoms with Crippen molar-refractivity contribution in [2.24, 2.45) is 0 Å². The Bertz CT molecular complexity index is 743. The van der Waals surface area contributed by atoms with E-state index in [-0.39, 0.29) is 11.4 Å².